The first-order valence-corrected chi connectivity index (χ1v) is 6.07. The fourth-order valence-corrected chi connectivity index (χ4v) is 1.70. The molecule has 104 valence electrons. The van der Waals surface area contributed by atoms with Crippen LogP contribution < -0.4 is 10.1 Å². The normalized spacial score (nSPS) is 10.2. The minimum absolute atomic E-state index is 0.0464. The zero-order valence-electron chi connectivity index (χ0n) is 10.8. The summed E-state index contributed by atoms with van der Waals surface area (Å²) in [5.41, 5.74) is 0.977. The molecule has 0 aliphatic heterocycles. The van der Waals surface area contributed by atoms with Crippen LogP contribution in [0.3, 0.4) is 0 Å². The molecule has 20 heavy (non-hydrogen) atoms. The lowest BCUT2D eigenvalue weighted by atomic mass is 10.1. The third-order valence-corrected chi connectivity index (χ3v) is 2.76. The number of carbonyl (C=O) groups is 1. The Bertz CT molecular complexity index is 661. The lowest BCUT2D eigenvalue weighted by molar-refractivity contribution is 0.102. The van der Waals surface area contributed by atoms with Gasteiger partial charge in [0.2, 0.25) is 11.8 Å². The zero-order chi connectivity index (χ0) is 14.7. The molecule has 0 saturated carbocycles. The molecule has 0 aliphatic rings. The molecule has 0 atom stereocenters. The molecule has 0 saturated heterocycles. The summed E-state index contributed by atoms with van der Waals surface area (Å²) in [4.78, 5) is 19.9. The Balaban J connectivity index is 2.23. The molecule has 1 aromatic carbocycles. The molecule has 7 heteroatoms. The second kappa shape index (κ2) is 5.75. The van der Waals surface area contributed by atoms with Crippen LogP contribution >= 0.6 is 11.6 Å². The van der Waals surface area contributed by atoms with Crippen molar-refractivity contribution in [2.45, 2.75) is 6.92 Å². The predicted octanol–water partition coefficient (Wildman–Crippen LogP) is 2.40. The molecule has 0 spiro atoms. The molecule has 6 nitrogen and oxygen atoms in total. The molecule has 1 heterocycles. The van der Waals surface area contributed by atoms with Crippen LogP contribution in [0.25, 0.3) is 0 Å². The molecular weight excluding hydrogens is 282 g/mol. The van der Waals surface area contributed by atoms with Crippen LogP contribution in [0.2, 0.25) is 5.15 Å². The zero-order valence-corrected chi connectivity index (χ0v) is 11.6. The quantitative estimate of drug-likeness (QED) is 0.849. The van der Waals surface area contributed by atoms with Gasteiger partial charge in [-0.25, -0.2) is 4.98 Å². The Kier molecular flexibility index (Phi) is 4.05. The first-order valence-electron chi connectivity index (χ1n) is 5.69. The topological polar surface area (TPSA) is 84.3 Å². The van der Waals surface area contributed by atoms with Crippen molar-refractivity contribution in [1.29, 1.82) is 0 Å². The van der Waals surface area contributed by atoms with Gasteiger partial charge in [-0.3, -0.25) is 10.1 Å². The van der Waals surface area contributed by atoms with Crippen LogP contribution in [0.5, 0.6) is 11.6 Å². The van der Waals surface area contributed by atoms with Crippen molar-refractivity contribution >= 4 is 23.5 Å². The predicted molar refractivity (Wildman–Crippen MR) is 74.4 cm³/mol. The number of nitrogens with one attached hydrogen (secondary N) is 1. The number of halogens is 1. The summed E-state index contributed by atoms with van der Waals surface area (Å²) in [6.45, 7) is 1.70. The van der Waals surface area contributed by atoms with Gasteiger partial charge >= 0.3 is 0 Å². The maximum atomic E-state index is 12.0. The van der Waals surface area contributed by atoms with Gasteiger partial charge in [0.1, 0.15) is 10.9 Å². The van der Waals surface area contributed by atoms with Gasteiger partial charge in [0.05, 0.1) is 7.11 Å². The molecule has 2 N–H and O–H groups in total. The Labute approximate surface area is 120 Å². The maximum absolute atomic E-state index is 12.0. The van der Waals surface area contributed by atoms with Crippen molar-refractivity contribution in [3.05, 3.63) is 40.5 Å². The van der Waals surface area contributed by atoms with E-state index in [1.54, 1.807) is 13.0 Å². The van der Waals surface area contributed by atoms with E-state index in [1.807, 2.05) is 0 Å². The van der Waals surface area contributed by atoms with Gasteiger partial charge in [0, 0.05) is 11.6 Å². The highest BCUT2D eigenvalue weighted by Gasteiger charge is 2.11. The highest BCUT2D eigenvalue weighted by molar-refractivity contribution is 6.29. The number of phenols is 1. The number of nitrogens with zero attached hydrogens (tertiary/aromatic N) is 2. The molecule has 2 rings (SSSR count). The number of benzene rings is 1. The molecule has 1 amide bonds. The lowest BCUT2D eigenvalue weighted by Gasteiger charge is -2.07. The molecule has 0 unspecified atom stereocenters. The van der Waals surface area contributed by atoms with Gasteiger partial charge in [-0.2, -0.15) is 4.98 Å². The third kappa shape index (κ3) is 3.16. The average molecular weight is 294 g/mol. The average Bonchev–Trinajstić information content (AvgIpc) is 2.41. The summed E-state index contributed by atoms with van der Waals surface area (Å²) < 4.78 is 4.94. The fourth-order valence-electron chi connectivity index (χ4n) is 1.53. The summed E-state index contributed by atoms with van der Waals surface area (Å²) in [5.74, 6) is 0.0203. The van der Waals surface area contributed by atoms with Crippen LogP contribution in [0.15, 0.2) is 24.3 Å². The van der Waals surface area contributed by atoms with E-state index < -0.39 is 5.91 Å². The van der Waals surface area contributed by atoms with Gasteiger partial charge in [-0.05, 0) is 30.7 Å². The summed E-state index contributed by atoms with van der Waals surface area (Å²) in [7, 11) is 1.44. The second-order valence-corrected chi connectivity index (χ2v) is 4.40. The standard InChI is InChI=1S/C13H12ClN3O3/c1-7-5-8(3-4-9(7)18)12(19)17-13-15-10(14)6-11(16-13)20-2/h3-6,18H,1-2H3,(H,15,16,17,19). The monoisotopic (exact) mass is 293 g/mol. The van der Waals surface area contributed by atoms with Crippen molar-refractivity contribution in [3.8, 4) is 11.6 Å². The number of ether oxygens (including phenoxy) is 1. The van der Waals surface area contributed by atoms with E-state index in [1.165, 1.54) is 25.3 Å². The van der Waals surface area contributed by atoms with Crippen molar-refractivity contribution in [1.82, 2.24) is 9.97 Å². The highest BCUT2D eigenvalue weighted by Crippen LogP contribution is 2.19. The Morgan fingerprint density at radius 2 is 2.10 bits per heavy atom. The number of aromatic nitrogens is 2. The van der Waals surface area contributed by atoms with Gasteiger partial charge in [0.15, 0.2) is 0 Å². The van der Waals surface area contributed by atoms with E-state index in [2.05, 4.69) is 15.3 Å². The number of methoxy groups -OCH3 is 1. The SMILES string of the molecule is COc1cc(Cl)nc(NC(=O)c2ccc(O)c(C)c2)n1. The number of hydrogen-bond donors (Lipinski definition) is 2. The van der Waals surface area contributed by atoms with Crippen molar-refractivity contribution in [2.24, 2.45) is 0 Å². The molecule has 0 fully saturated rings. The third-order valence-electron chi connectivity index (χ3n) is 2.56. The molecule has 0 bridgehead atoms. The largest absolute Gasteiger partial charge is 0.508 e. The van der Waals surface area contributed by atoms with Gasteiger partial charge in [-0.15, -0.1) is 0 Å². The van der Waals surface area contributed by atoms with E-state index in [0.29, 0.717) is 11.1 Å². The lowest BCUT2D eigenvalue weighted by Crippen LogP contribution is -2.14. The van der Waals surface area contributed by atoms with Crippen molar-refractivity contribution < 1.29 is 14.6 Å². The maximum Gasteiger partial charge on any atom is 0.258 e. The summed E-state index contributed by atoms with van der Waals surface area (Å²) in [6, 6.07) is 5.94. The Hall–Kier alpha value is -2.34. The molecule has 2 aromatic rings. The van der Waals surface area contributed by atoms with Crippen LogP contribution in [0.1, 0.15) is 15.9 Å². The number of anilines is 1. The Morgan fingerprint density at radius 1 is 1.35 bits per heavy atom. The number of carbonyl (C=O) groups excluding carboxylic acids is 1. The van der Waals surface area contributed by atoms with Crippen LogP contribution in [0, 0.1) is 6.92 Å². The number of amides is 1. The number of hydrogen-bond acceptors (Lipinski definition) is 5. The Morgan fingerprint density at radius 3 is 2.75 bits per heavy atom. The number of aryl methyl sites for hydroxylation is 1. The summed E-state index contributed by atoms with van der Waals surface area (Å²) in [6.07, 6.45) is 0. The number of aromatic hydroxyl groups is 1. The van der Waals surface area contributed by atoms with Crippen LogP contribution in [0.4, 0.5) is 5.95 Å². The van der Waals surface area contributed by atoms with E-state index in [0.717, 1.165) is 0 Å². The summed E-state index contributed by atoms with van der Waals surface area (Å²) in [5, 5.41) is 12.1. The van der Waals surface area contributed by atoms with Gasteiger partial charge in [0.25, 0.3) is 5.91 Å². The number of rotatable bonds is 3. The van der Waals surface area contributed by atoms with Gasteiger partial charge in [-0.1, -0.05) is 11.6 Å². The second-order valence-electron chi connectivity index (χ2n) is 4.01. The first-order chi connectivity index (χ1) is 9.49. The number of phenolic OH excluding ortho intramolecular Hbond substituents is 1. The van der Waals surface area contributed by atoms with E-state index in [9.17, 15) is 9.90 Å². The summed E-state index contributed by atoms with van der Waals surface area (Å²) >= 11 is 5.79. The minimum Gasteiger partial charge on any atom is -0.508 e. The van der Waals surface area contributed by atoms with E-state index >= 15 is 0 Å². The minimum atomic E-state index is -0.405. The van der Waals surface area contributed by atoms with E-state index in [-0.39, 0.29) is 22.7 Å². The molecule has 0 aliphatic carbocycles. The van der Waals surface area contributed by atoms with Crippen LogP contribution in [-0.2, 0) is 0 Å². The smallest absolute Gasteiger partial charge is 0.258 e. The first kappa shape index (κ1) is 14.1. The van der Waals surface area contributed by atoms with Gasteiger partial charge < -0.3 is 9.84 Å². The molecular formula is C13H12ClN3O3. The highest BCUT2D eigenvalue weighted by atomic mass is 35.5. The molecule has 1 aromatic heterocycles. The van der Waals surface area contributed by atoms with E-state index in [4.69, 9.17) is 16.3 Å². The van der Waals surface area contributed by atoms with Crippen LogP contribution in [-0.4, -0.2) is 28.1 Å². The van der Waals surface area contributed by atoms with Crippen molar-refractivity contribution in [2.75, 3.05) is 12.4 Å². The fraction of sp³-hybridized carbons (Fsp3) is 0.154. The van der Waals surface area contributed by atoms with Crippen molar-refractivity contribution in [3.63, 3.8) is 0 Å². The molecule has 0 radical (unpaired) electrons.